The van der Waals surface area contributed by atoms with Crippen molar-refractivity contribution in [2.75, 3.05) is 18.5 Å². The van der Waals surface area contributed by atoms with Crippen molar-refractivity contribution in [3.05, 3.63) is 96.2 Å². The van der Waals surface area contributed by atoms with E-state index in [0.29, 0.717) is 18.1 Å². The number of rotatable bonds is 14. The second-order valence-corrected chi connectivity index (χ2v) is 16.0. The molecule has 47 heavy (non-hydrogen) atoms. The van der Waals surface area contributed by atoms with Gasteiger partial charge in [-0.25, -0.2) is 17.8 Å². The Morgan fingerprint density at radius 3 is 2.15 bits per heavy atom. The average Bonchev–Trinajstić information content (AvgIpc) is 3.36. The van der Waals surface area contributed by atoms with Crippen LogP contribution in [0.2, 0.25) is 20.1 Å². The number of anilines is 2. The first-order chi connectivity index (χ1) is 22.0. The summed E-state index contributed by atoms with van der Waals surface area (Å²) in [4.78, 5) is 12.7. The SMILES string of the molecule is CCC(C)(C)c1ccc(C(C)(C)CC)c(OCCCNS(=O)(=O)c2ccc(Cl)c(Nc3cc(=O)n(-c4c(Cl)cc(Cl)cc4Cl)[nH]3)c2)c1. The van der Waals surface area contributed by atoms with Crippen LogP contribution in [-0.4, -0.2) is 31.3 Å². The Kier molecular flexibility index (Phi) is 11.7. The molecule has 254 valence electrons. The molecule has 13 heteroatoms. The predicted octanol–water partition coefficient (Wildman–Crippen LogP) is 9.65. The minimum atomic E-state index is -3.89. The molecule has 0 saturated carbocycles. The van der Waals surface area contributed by atoms with Crippen LogP contribution in [0.1, 0.15) is 71.9 Å². The third kappa shape index (κ3) is 8.69. The quantitative estimate of drug-likeness (QED) is 0.112. The summed E-state index contributed by atoms with van der Waals surface area (Å²) in [5.41, 5.74) is 2.29. The van der Waals surface area contributed by atoms with E-state index in [0.717, 1.165) is 28.8 Å². The summed E-state index contributed by atoms with van der Waals surface area (Å²) >= 11 is 25.0. The number of hydrogen-bond acceptors (Lipinski definition) is 5. The first-order valence-corrected chi connectivity index (χ1v) is 18.3. The number of hydrogen-bond donors (Lipinski definition) is 3. The Bertz CT molecular complexity index is 1900. The van der Waals surface area contributed by atoms with E-state index in [1.807, 2.05) is 0 Å². The van der Waals surface area contributed by atoms with E-state index in [-0.39, 0.29) is 54.5 Å². The second kappa shape index (κ2) is 14.8. The van der Waals surface area contributed by atoms with Gasteiger partial charge in [-0.2, -0.15) is 0 Å². The van der Waals surface area contributed by atoms with Crippen LogP contribution in [0.15, 0.2) is 64.3 Å². The van der Waals surface area contributed by atoms with E-state index in [1.54, 1.807) is 0 Å². The molecule has 3 aromatic carbocycles. The maximum absolute atomic E-state index is 13.2. The zero-order valence-electron chi connectivity index (χ0n) is 27.2. The lowest BCUT2D eigenvalue weighted by molar-refractivity contribution is 0.299. The lowest BCUT2D eigenvalue weighted by Gasteiger charge is -2.29. The Morgan fingerprint density at radius 2 is 1.51 bits per heavy atom. The minimum absolute atomic E-state index is 0.00244. The summed E-state index contributed by atoms with van der Waals surface area (Å²) in [6.45, 7) is 13.6. The molecule has 0 atom stereocenters. The fourth-order valence-electron chi connectivity index (χ4n) is 4.85. The van der Waals surface area contributed by atoms with Crippen LogP contribution >= 0.6 is 46.4 Å². The number of benzene rings is 3. The van der Waals surface area contributed by atoms with Gasteiger partial charge in [0.1, 0.15) is 17.3 Å². The van der Waals surface area contributed by atoms with Gasteiger partial charge in [-0.05, 0) is 77.6 Å². The van der Waals surface area contributed by atoms with Crippen LogP contribution in [0.3, 0.4) is 0 Å². The van der Waals surface area contributed by atoms with Gasteiger partial charge in [-0.1, -0.05) is 100 Å². The summed E-state index contributed by atoms with van der Waals surface area (Å²) < 4.78 is 36.5. The molecule has 0 unspecified atom stereocenters. The highest BCUT2D eigenvalue weighted by Crippen LogP contribution is 2.38. The number of H-pyrrole nitrogens is 1. The molecule has 3 N–H and O–H groups in total. The molecule has 4 rings (SSSR count). The van der Waals surface area contributed by atoms with Gasteiger partial charge in [0.05, 0.1) is 32.3 Å². The Labute approximate surface area is 296 Å². The lowest BCUT2D eigenvalue weighted by atomic mass is 9.77. The number of nitrogens with one attached hydrogen (secondary N) is 3. The van der Waals surface area contributed by atoms with Crippen LogP contribution in [0.4, 0.5) is 11.5 Å². The molecule has 8 nitrogen and oxygen atoms in total. The van der Waals surface area contributed by atoms with Crippen molar-refractivity contribution in [2.24, 2.45) is 0 Å². The number of sulfonamides is 1. The summed E-state index contributed by atoms with van der Waals surface area (Å²) in [5.74, 6) is 1.07. The fourth-order valence-corrected chi connectivity index (χ4v) is 7.10. The molecule has 4 aromatic rings. The molecule has 0 amide bonds. The highest BCUT2D eigenvalue weighted by atomic mass is 35.5. The minimum Gasteiger partial charge on any atom is -0.493 e. The van der Waals surface area contributed by atoms with Crippen LogP contribution in [0, 0.1) is 0 Å². The monoisotopic (exact) mass is 740 g/mol. The number of aromatic amines is 1. The molecular weight excluding hydrogens is 702 g/mol. The molecule has 0 spiro atoms. The highest BCUT2D eigenvalue weighted by Gasteiger charge is 2.26. The van der Waals surface area contributed by atoms with Crippen molar-refractivity contribution in [3.63, 3.8) is 0 Å². The van der Waals surface area contributed by atoms with E-state index in [2.05, 4.69) is 74.9 Å². The number of nitrogens with zero attached hydrogens (tertiary/aromatic N) is 1. The highest BCUT2D eigenvalue weighted by molar-refractivity contribution is 7.89. The standard InChI is InChI=1S/C34H40Cl4N4O4S/c1-7-33(3,4)21-10-12-24(34(5,6)8-2)29(16-21)46-15-9-14-39-47(44,45)23-11-13-25(36)28(19-23)40-30-20-31(43)42(41-30)32-26(37)17-22(35)18-27(32)38/h10-13,16-20,39-41H,7-9,14-15H2,1-6H3. The van der Waals surface area contributed by atoms with Crippen molar-refractivity contribution in [2.45, 2.75) is 76.5 Å². The number of halogens is 4. The van der Waals surface area contributed by atoms with Gasteiger partial charge in [0, 0.05) is 17.6 Å². The summed E-state index contributed by atoms with van der Waals surface area (Å²) in [6, 6.07) is 14.9. The predicted molar refractivity (Wildman–Crippen MR) is 195 cm³/mol. The fraction of sp³-hybridized carbons (Fsp3) is 0.382. The number of aromatic nitrogens is 2. The van der Waals surface area contributed by atoms with Gasteiger partial charge in [0.2, 0.25) is 10.0 Å². The molecule has 0 radical (unpaired) electrons. The molecule has 0 aliphatic carbocycles. The van der Waals surface area contributed by atoms with E-state index in [9.17, 15) is 13.2 Å². The maximum Gasteiger partial charge on any atom is 0.273 e. The van der Waals surface area contributed by atoms with Crippen LogP contribution in [0.5, 0.6) is 5.75 Å². The van der Waals surface area contributed by atoms with Gasteiger partial charge in [0.25, 0.3) is 5.56 Å². The van der Waals surface area contributed by atoms with E-state index in [1.165, 1.54) is 42.0 Å². The molecule has 0 fully saturated rings. The van der Waals surface area contributed by atoms with E-state index < -0.39 is 15.6 Å². The molecule has 1 aromatic heterocycles. The Balaban J connectivity index is 1.44. The summed E-state index contributed by atoms with van der Waals surface area (Å²) in [7, 11) is -3.89. The largest absolute Gasteiger partial charge is 0.493 e. The summed E-state index contributed by atoms with van der Waals surface area (Å²) in [6.07, 6.45) is 2.39. The molecule has 0 aliphatic heterocycles. The van der Waals surface area contributed by atoms with Crippen molar-refractivity contribution in [1.29, 1.82) is 0 Å². The third-order valence-electron chi connectivity index (χ3n) is 8.57. The van der Waals surface area contributed by atoms with Gasteiger partial charge < -0.3 is 10.1 Å². The van der Waals surface area contributed by atoms with Crippen molar-refractivity contribution in [1.82, 2.24) is 14.5 Å². The van der Waals surface area contributed by atoms with E-state index >= 15 is 0 Å². The topological polar surface area (TPSA) is 105 Å². The van der Waals surface area contributed by atoms with Gasteiger partial charge in [-0.15, -0.1) is 0 Å². The summed E-state index contributed by atoms with van der Waals surface area (Å²) in [5, 5.41) is 6.73. The smallest absolute Gasteiger partial charge is 0.273 e. The van der Waals surface area contributed by atoms with Crippen molar-refractivity contribution >= 4 is 67.9 Å². The van der Waals surface area contributed by atoms with Crippen LogP contribution in [-0.2, 0) is 20.9 Å². The molecule has 1 heterocycles. The maximum atomic E-state index is 13.2. The van der Waals surface area contributed by atoms with Crippen LogP contribution < -0.4 is 20.3 Å². The molecule has 0 aliphatic rings. The van der Waals surface area contributed by atoms with Crippen molar-refractivity contribution in [3.8, 4) is 11.4 Å². The molecule has 0 bridgehead atoms. The first kappa shape index (κ1) is 37.2. The zero-order valence-corrected chi connectivity index (χ0v) is 31.1. The van der Waals surface area contributed by atoms with Gasteiger partial charge in [0.15, 0.2) is 0 Å². The van der Waals surface area contributed by atoms with Crippen LogP contribution in [0.25, 0.3) is 5.69 Å². The average molecular weight is 743 g/mol. The van der Waals surface area contributed by atoms with Crippen molar-refractivity contribution < 1.29 is 13.2 Å². The van der Waals surface area contributed by atoms with Gasteiger partial charge in [-0.3, -0.25) is 9.89 Å². The third-order valence-corrected chi connectivity index (χ3v) is 11.2. The van der Waals surface area contributed by atoms with E-state index in [4.69, 9.17) is 51.1 Å². The lowest BCUT2D eigenvalue weighted by Crippen LogP contribution is -2.26. The zero-order chi connectivity index (χ0) is 34.7. The number of ether oxygens (including phenoxy) is 1. The molecular formula is C34H40Cl4N4O4S. The normalized spacial score (nSPS) is 12.4. The first-order valence-electron chi connectivity index (χ1n) is 15.3. The molecule has 0 saturated heterocycles. The van der Waals surface area contributed by atoms with Gasteiger partial charge >= 0.3 is 0 Å². The Hall–Kier alpha value is -2.66. The second-order valence-electron chi connectivity index (χ2n) is 12.6. The Morgan fingerprint density at radius 1 is 0.851 bits per heavy atom.